The third kappa shape index (κ3) is 8.62. The molecule has 0 bridgehead atoms. The van der Waals surface area contributed by atoms with Crippen molar-refractivity contribution < 1.29 is 17.9 Å². The van der Waals surface area contributed by atoms with E-state index in [1.807, 2.05) is 32.9 Å². The van der Waals surface area contributed by atoms with Gasteiger partial charge in [0.15, 0.2) is 9.84 Å². The molecular weight excluding hydrogens is 434 g/mol. The summed E-state index contributed by atoms with van der Waals surface area (Å²) in [6, 6.07) is 7.32. The molecule has 1 aliphatic heterocycles. The number of carbonyl (C=O) groups excluding carboxylic acids is 1. The molecular formula is C27H43NO4S. The van der Waals surface area contributed by atoms with Gasteiger partial charge < -0.3 is 9.64 Å². The van der Waals surface area contributed by atoms with Crippen molar-refractivity contribution in [1.29, 1.82) is 0 Å². The van der Waals surface area contributed by atoms with Gasteiger partial charge in [0.1, 0.15) is 5.60 Å². The predicted molar refractivity (Wildman–Crippen MR) is 134 cm³/mol. The van der Waals surface area contributed by atoms with E-state index in [1.54, 1.807) is 12.1 Å². The molecule has 0 N–H and O–H groups in total. The molecule has 33 heavy (non-hydrogen) atoms. The van der Waals surface area contributed by atoms with E-state index in [9.17, 15) is 13.2 Å². The van der Waals surface area contributed by atoms with Crippen molar-refractivity contribution in [2.75, 3.05) is 24.2 Å². The van der Waals surface area contributed by atoms with E-state index >= 15 is 0 Å². The second-order valence-corrected chi connectivity index (χ2v) is 13.3. The van der Waals surface area contributed by atoms with Crippen molar-refractivity contribution >= 4 is 21.5 Å². The number of hydrogen-bond donors (Lipinski definition) is 0. The number of esters is 1. The van der Waals surface area contributed by atoms with E-state index in [1.165, 1.54) is 64.0 Å². The average Bonchev–Trinajstić information content (AvgIpc) is 2.74. The lowest BCUT2D eigenvalue weighted by atomic mass is 9.78. The molecule has 5 nitrogen and oxygen atoms in total. The van der Waals surface area contributed by atoms with Gasteiger partial charge in [-0.2, -0.15) is 0 Å². The molecule has 0 atom stereocenters. The molecule has 1 saturated heterocycles. The minimum absolute atomic E-state index is 0.0383. The number of anilines is 1. The molecule has 0 aromatic heterocycles. The Hall–Kier alpha value is -1.56. The van der Waals surface area contributed by atoms with Crippen LogP contribution < -0.4 is 4.90 Å². The summed E-state index contributed by atoms with van der Waals surface area (Å²) in [5.74, 6) is 2.10. The fourth-order valence-corrected chi connectivity index (χ4v) is 6.05. The van der Waals surface area contributed by atoms with Crippen LogP contribution in [0.5, 0.6) is 0 Å². The van der Waals surface area contributed by atoms with E-state index in [0.29, 0.717) is 17.2 Å². The van der Waals surface area contributed by atoms with E-state index in [4.69, 9.17) is 4.74 Å². The SMILES string of the molecule is CC(C)(C)OC(=O)CC1CCC(CCCC2CCN(c3ccc(S(C)(=O)=O)cc3)CC2)CC1. The number of ether oxygens (including phenoxy) is 1. The Morgan fingerprint density at radius 2 is 1.42 bits per heavy atom. The van der Waals surface area contributed by atoms with Crippen LogP contribution in [0.3, 0.4) is 0 Å². The minimum Gasteiger partial charge on any atom is -0.460 e. The standard InChI is InChI=1S/C27H43NO4S/c1-27(2,3)32-26(29)20-23-10-8-21(9-11-23)6-5-7-22-16-18-28(19-17-22)24-12-14-25(15-13-24)33(4,30)31/h12-15,21-23H,5-11,16-20H2,1-4H3. The summed E-state index contributed by atoms with van der Waals surface area (Å²) in [6.45, 7) is 7.91. The maximum absolute atomic E-state index is 12.1. The quantitative estimate of drug-likeness (QED) is 0.429. The first-order valence-corrected chi connectivity index (χ1v) is 14.7. The molecule has 1 saturated carbocycles. The highest BCUT2D eigenvalue weighted by atomic mass is 32.2. The topological polar surface area (TPSA) is 63.7 Å². The maximum Gasteiger partial charge on any atom is 0.306 e. The van der Waals surface area contributed by atoms with Crippen molar-refractivity contribution in [3.05, 3.63) is 24.3 Å². The van der Waals surface area contributed by atoms with Crippen LogP contribution in [0, 0.1) is 17.8 Å². The van der Waals surface area contributed by atoms with Gasteiger partial charge in [-0.25, -0.2) is 8.42 Å². The van der Waals surface area contributed by atoms with Gasteiger partial charge in [-0.15, -0.1) is 0 Å². The first-order valence-electron chi connectivity index (χ1n) is 12.8. The average molecular weight is 478 g/mol. The van der Waals surface area contributed by atoms with Crippen LogP contribution in [0.2, 0.25) is 0 Å². The van der Waals surface area contributed by atoms with Crippen molar-refractivity contribution in [2.24, 2.45) is 17.8 Å². The summed E-state index contributed by atoms with van der Waals surface area (Å²) >= 11 is 0. The lowest BCUT2D eigenvalue weighted by molar-refractivity contribution is -0.156. The number of sulfone groups is 1. The Morgan fingerprint density at radius 1 is 0.909 bits per heavy atom. The van der Waals surface area contributed by atoms with Gasteiger partial charge >= 0.3 is 5.97 Å². The number of piperidine rings is 1. The van der Waals surface area contributed by atoms with Crippen molar-refractivity contribution in [2.45, 2.75) is 95.5 Å². The Bertz CT molecular complexity index is 856. The van der Waals surface area contributed by atoms with Gasteiger partial charge in [0, 0.05) is 31.5 Å². The van der Waals surface area contributed by atoms with Gasteiger partial charge in [0.2, 0.25) is 0 Å². The second-order valence-electron chi connectivity index (χ2n) is 11.3. The fourth-order valence-electron chi connectivity index (χ4n) is 5.42. The molecule has 1 heterocycles. The third-order valence-corrected chi connectivity index (χ3v) is 8.44. The first kappa shape index (κ1) is 26.1. The Labute approximate surface area is 201 Å². The molecule has 1 aliphatic carbocycles. The van der Waals surface area contributed by atoms with Crippen LogP contribution in [0.1, 0.15) is 85.0 Å². The molecule has 2 aliphatic rings. The Morgan fingerprint density at radius 3 is 1.94 bits per heavy atom. The van der Waals surface area contributed by atoms with Crippen molar-refractivity contribution in [3.8, 4) is 0 Å². The number of rotatable bonds is 8. The summed E-state index contributed by atoms with van der Waals surface area (Å²) in [5.41, 5.74) is 0.747. The lowest BCUT2D eigenvalue weighted by Crippen LogP contribution is -2.33. The van der Waals surface area contributed by atoms with Gasteiger partial charge in [-0.3, -0.25) is 4.79 Å². The highest BCUT2D eigenvalue weighted by molar-refractivity contribution is 7.90. The number of hydrogen-bond acceptors (Lipinski definition) is 5. The molecule has 0 radical (unpaired) electrons. The highest BCUT2D eigenvalue weighted by Crippen LogP contribution is 2.35. The molecule has 3 rings (SSSR count). The van der Waals surface area contributed by atoms with Crippen LogP contribution in [0.15, 0.2) is 29.2 Å². The molecule has 0 unspecified atom stereocenters. The normalized spacial score (nSPS) is 22.8. The monoisotopic (exact) mass is 477 g/mol. The minimum atomic E-state index is -3.13. The van der Waals surface area contributed by atoms with Crippen molar-refractivity contribution in [3.63, 3.8) is 0 Å². The Balaban J connectivity index is 1.30. The summed E-state index contributed by atoms with van der Waals surface area (Å²) in [5, 5.41) is 0. The van der Waals surface area contributed by atoms with Gasteiger partial charge in [-0.1, -0.05) is 32.1 Å². The zero-order valence-corrected chi connectivity index (χ0v) is 21.8. The van der Waals surface area contributed by atoms with Crippen LogP contribution in [0.4, 0.5) is 5.69 Å². The third-order valence-electron chi connectivity index (χ3n) is 7.31. The van der Waals surface area contributed by atoms with Crippen LogP contribution in [-0.2, 0) is 19.4 Å². The smallest absolute Gasteiger partial charge is 0.306 e. The van der Waals surface area contributed by atoms with Crippen LogP contribution in [-0.4, -0.2) is 39.3 Å². The number of nitrogens with zero attached hydrogens (tertiary/aromatic N) is 1. The zero-order chi connectivity index (χ0) is 24.1. The molecule has 0 spiro atoms. The Kier molecular flexibility index (Phi) is 8.88. The van der Waals surface area contributed by atoms with E-state index < -0.39 is 9.84 Å². The molecule has 1 aromatic rings. The maximum atomic E-state index is 12.1. The van der Waals surface area contributed by atoms with Crippen molar-refractivity contribution in [1.82, 2.24) is 0 Å². The number of carbonyl (C=O) groups is 1. The van der Waals surface area contributed by atoms with Gasteiger partial charge in [0.25, 0.3) is 0 Å². The van der Waals surface area contributed by atoms with E-state index in [2.05, 4.69) is 4.90 Å². The van der Waals surface area contributed by atoms with E-state index in [0.717, 1.165) is 30.6 Å². The lowest BCUT2D eigenvalue weighted by Gasteiger charge is -2.34. The summed E-state index contributed by atoms with van der Waals surface area (Å²) in [7, 11) is -3.13. The summed E-state index contributed by atoms with van der Waals surface area (Å²) in [4.78, 5) is 14.8. The largest absolute Gasteiger partial charge is 0.460 e. The summed E-state index contributed by atoms with van der Waals surface area (Å²) in [6.07, 6.45) is 13.1. The highest BCUT2D eigenvalue weighted by Gasteiger charge is 2.26. The first-order chi connectivity index (χ1) is 15.5. The van der Waals surface area contributed by atoms with Crippen LogP contribution >= 0.6 is 0 Å². The van der Waals surface area contributed by atoms with Gasteiger partial charge in [0.05, 0.1) is 4.90 Å². The fraction of sp³-hybridized carbons (Fsp3) is 0.741. The summed E-state index contributed by atoms with van der Waals surface area (Å²) < 4.78 is 28.8. The van der Waals surface area contributed by atoms with Gasteiger partial charge in [-0.05, 0) is 88.5 Å². The second kappa shape index (κ2) is 11.2. The molecule has 186 valence electrons. The molecule has 6 heteroatoms. The number of benzene rings is 1. The zero-order valence-electron chi connectivity index (χ0n) is 21.0. The molecule has 1 aromatic carbocycles. The molecule has 0 amide bonds. The van der Waals surface area contributed by atoms with E-state index in [-0.39, 0.29) is 11.6 Å². The predicted octanol–water partition coefficient (Wildman–Crippen LogP) is 6.02. The van der Waals surface area contributed by atoms with Crippen LogP contribution in [0.25, 0.3) is 0 Å². The molecule has 2 fully saturated rings.